The van der Waals surface area contributed by atoms with Gasteiger partial charge in [0.15, 0.2) is 0 Å². The van der Waals surface area contributed by atoms with Gasteiger partial charge in [0.2, 0.25) is 23.6 Å². The van der Waals surface area contributed by atoms with Gasteiger partial charge < -0.3 is 15.1 Å². The lowest BCUT2D eigenvalue weighted by Gasteiger charge is -2.20. The van der Waals surface area contributed by atoms with Crippen LogP contribution in [0.4, 0.5) is 11.4 Å². The topological polar surface area (TPSA) is 97.1 Å². The van der Waals surface area contributed by atoms with E-state index in [9.17, 15) is 9.59 Å². The number of carbonyl (C=O) groups excluding carboxylic acids is 2. The fraction of sp³-hybridized carbons (Fsp3) is 0.333. The van der Waals surface area contributed by atoms with Crippen LogP contribution in [0.5, 0.6) is 0 Å². The molecule has 0 fully saturated rings. The maximum Gasteiger partial charge on any atom is 0.248 e. The van der Waals surface area contributed by atoms with Gasteiger partial charge in [0.25, 0.3) is 0 Å². The molecule has 0 aliphatic heterocycles. The average Bonchev–Trinajstić information content (AvgIpc) is 3.30. The summed E-state index contributed by atoms with van der Waals surface area (Å²) in [5.41, 5.74) is 1.40. The predicted molar refractivity (Wildman–Crippen MR) is 131 cm³/mol. The molecule has 3 rings (SSSR count). The van der Waals surface area contributed by atoms with Crippen molar-refractivity contribution in [3.8, 4) is 22.9 Å². The molecule has 1 aromatic heterocycles. The van der Waals surface area contributed by atoms with Gasteiger partial charge in [0.1, 0.15) is 0 Å². The second-order valence-corrected chi connectivity index (χ2v) is 9.54. The van der Waals surface area contributed by atoms with Crippen LogP contribution in [0.2, 0.25) is 0 Å². The molecule has 0 aliphatic carbocycles. The number of alkyl halides is 2. The summed E-state index contributed by atoms with van der Waals surface area (Å²) in [6.45, 7) is 7.13. The van der Waals surface area contributed by atoms with Crippen LogP contribution in [0.25, 0.3) is 22.9 Å². The molecular weight excluding hydrogens is 463 g/mol. The number of amides is 2. The van der Waals surface area contributed by atoms with Crippen molar-refractivity contribution in [3.63, 3.8) is 0 Å². The Morgan fingerprint density at radius 1 is 0.727 bits per heavy atom. The second-order valence-electron chi connectivity index (χ2n) is 9.01. The molecule has 2 N–H and O–H groups in total. The van der Waals surface area contributed by atoms with Crippen LogP contribution >= 0.6 is 23.2 Å². The van der Waals surface area contributed by atoms with Crippen molar-refractivity contribution in [3.05, 3.63) is 48.5 Å². The van der Waals surface area contributed by atoms with E-state index >= 15 is 0 Å². The summed E-state index contributed by atoms with van der Waals surface area (Å²) in [6.07, 6.45) is 0. The predicted octanol–water partition coefficient (Wildman–Crippen LogP) is 5.81. The number of hydrogen-bond donors (Lipinski definition) is 2. The third kappa shape index (κ3) is 5.92. The van der Waals surface area contributed by atoms with E-state index in [4.69, 9.17) is 27.6 Å². The van der Waals surface area contributed by atoms with Crippen LogP contribution in [0.1, 0.15) is 27.7 Å². The Morgan fingerprint density at radius 2 is 1.06 bits per heavy atom. The van der Waals surface area contributed by atoms with Crippen molar-refractivity contribution in [1.29, 1.82) is 0 Å². The highest BCUT2D eigenvalue weighted by Gasteiger charge is 2.27. The summed E-state index contributed by atoms with van der Waals surface area (Å²) in [5, 5.41) is 13.9. The minimum atomic E-state index is -0.666. The second kappa shape index (κ2) is 9.93. The summed E-state index contributed by atoms with van der Waals surface area (Å²) in [4.78, 5) is 24.5. The third-order valence-corrected chi connectivity index (χ3v) is 6.44. The molecular formula is C24H26Cl2N4O3. The average molecular weight is 489 g/mol. The Labute approximate surface area is 202 Å². The lowest BCUT2D eigenvalue weighted by Crippen LogP contribution is -2.32. The van der Waals surface area contributed by atoms with Crippen LogP contribution in [-0.2, 0) is 9.59 Å². The zero-order valence-corrected chi connectivity index (χ0v) is 20.4. The first-order valence-electron chi connectivity index (χ1n) is 10.3. The number of halogens is 2. The molecule has 9 heteroatoms. The van der Waals surface area contributed by atoms with Gasteiger partial charge in [-0.15, -0.1) is 33.4 Å². The number of hydrogen-bond acceptors (Lipinski definition) is 5. The number of rotatable bonds is 8. The van der Waals surface area contributed by atoms with E-state index in [0.29, 0.717) is 23.2 Å². The van der Waals surface area contributed by atoms with Crippen molar-refractivity contribution in [2.75, 3.05) is 22.4 Å². The van der Waals surface area contributed by atoms with E-state index < -0.39 is 10.8 Å². The lowest BCUT2D eigenvalue weighted by atomic mass is 9.95. The first kappa shape index (κ1) is 24.7. The Hall–Kier alpha value is -2.90. The van der Waals surface area contributed by atoms with E-state index in [1.807, 2.05) is 0 Å². The molecule has 1 heterocycles. The van der Waals surface area contributed by atoms with E-state index in [0.717, 1.165) is 11.1 Å². The SMILES string of the molecule is CC(C)(CCl)C(=O)Nc1ccc(-c2nnc(-c3ccc(NC(=O)C(C)(C)CCl)cc3)o2)cc1. The fourth-order valence-electron chi connectivity index (χ4n) is 2.57. The molecule has 3 aromatic rings. The van der Waals surface area contributed by atoms with Crippen LogP contribution in [0.15, 0.2) is 52.9 Å². The zero-order chi connectivity index (χ0) is 24.2. The lowest BCUT2D eigenvalue weighted by molar-refractivity contribution is -0.123. The van der Waals surface area contributed by atoms with Gasteiger partial charge in [0, 0.05) is 34.3 Å². The minimum absolute atomic E-state index is 0.156. The van der Waals surface area contributed by atoms with Crippen molar-refractivity contribution in [2.45, 2.75) is 27.7 Å². The van der Waals surface area contributed by atoms with E-state index in [1.165, 1.54) is 0 Å². The van der Waals surface area contributed by atoms with Gasteiger partial charge in [-0.3, -0.25) is 9.59 Å². The van der Waals surface area contributed by atoms with E-state index in [1.54, 1.807) is 76.2 Å². The number of anilines is 2. The minimum Gasteiger partial charge on any atom is -0.416 e. The van der Waals surface area contributed by atoms with Crippen molar-refractivity contribution >= 4 is 46.4 Å². The molecule has 0 saturated heterocycles. The first-order valence-corrected chi connectivity index (χ1v) is 11.4. The molecule has 0 atom stereocenters. The Bertz CT molecular complexity index is 1040. The van der Waals surface area contributed by atoms with Crippen molar-refractivity contribution in [2.24, 2.45) is 10.8 Å². The maximum atomic E-state index is 12.3. The van der Waals surface area contributed by atoms with E-state index in [2.05, 4.69) is 20.8 Å². The summed E-state index contributed by atoms with van der Waals surface area (Å²) in [7, 11) is 0. The molecule has 0 unspecified atom stereocenters. The van der Waals surface area contributed by atoms with Gasteiger partial charge in [-0.2, -0.15) is 0 Å². The van der Waals surface area contributed by atoms with Gasteiger partial charge in [-0.25, -0.2) is 0 Å². The van der Waals surface area contributed by atoms with E-state index in [-0.39, 0.29) is 23.6 Å². The Kier molecular flexibility index (Phi) is 7.44. The maximum absolute atomic E-state index is 12.3. The molecule has 0 bridgehead atoms. The third-order valence-electron chi connectivity index (χ3n) is 5.10. The van der Waals surface area contributed by atoms with Crippen molar-refractivity contribution in [1.82, 2.24) is 10.2 Å². The number of nitrogens with one attached hydrogen (secondary N) is 2. The Morgan fingerprint density at radius 3 is 1.36 bits per heavy atom. The van der Waals surface area contributed by atoms with Crippen LogP contribution in [0, 0.1) is 10.8 Å². The molecule has 0 spiro atoms. The summed E-state index contributed by atoms with van der Waals surface area (Å²) < 4.78 is 5.81. The molecule has 0 radical (unpaired) electrons. The molecule has 0 saturated carbocycles. The number of aromatic nitrogens is 2. The van der Waals surface area contributed by atoms with Gasteiger partial charge >= 0.3 is 0 Å². The fourth-order valence-corrected chi connectivity index (χ4v) is 2.81. The number of benzene rings is 2. The quantitative estimate of drug-likeness (QED) is 0.389. The van der Waals surface area contributed by atoms with Gasteiger partial charge in [-0.1, -0.05) is 0 Å². The molecule has 0 aliphatic rings. The Balaban J connectivity index is 1.68. The smallest absolute Gasteiger partial charge is 0.248 e. The van der Waals surface area contributed by atoms with Gasteiger partial charge in [-0.05, 0) is 76.2 Å². The number of carbonyl (C=O) groups is 2. The number of nitrogens with zero attached hydrogens (tertiary/aromatic N) is 2. The normalized spacial score (nSPS) is 11.8. The van der Waals surface area contributed by atoms with Gasteiger partial charge in [0.05, 0.1) is 10.8 Å². The summed E-state index contributed by atoms with van der Waals surface area (Å²) in [6, 6.07) is 14.2. The summed E-state index contributed by atoms with van der Waals surface area (Å²) in [5.74, 6) is 0.837. The molecule has 7 nitrogen and oxygen atoms in total. The zero-order valence-electron chi connectivity index (χ0n) is 18.9. The largest absolute Gasteiger partial charge is 0.416 e. The van der Waals surface area contributed by atoms with Crippen LogP contribution in [-0.4, -0.2) is 33.8 Å². The molecule has 33 heavy (non-hydrogen) atoms. The monoisotopic (exact) mass is 488 g/mol. The van der Waals surface area contributed by atoms with Crippen LogP contribution in [0.3, 0.4) is 0 Å². The highest BCUT2D eigenvalue weighted by atomic mass is 35.5. The molecule has 2 aromatic carbocycles. The van der Waals surface area contributed by atoms with Crippen LogP contribution < -0.4 is 10.6 Å². The molecule has 2 amide bonds. The standard InChI is InChI=1S/C24H26Cl2N4O3/c1-23(2,13-25)21(31)27-17-9-5-15(6-10-17)19-29-30-20(33-19)16-7-11-18(12-8-16)28-22(32)24(3,4)14-26/h5-12H,13-14H2,1-4H3,(H,27,31)(H,28,32). The summed E-state index contributed by atoms with van der Waals surface area (Å²) >= 11 is 11.7. The van der Waals surface area contributed by atoms with Crippen molar-refractivity contribution < 1.29 is 14.0 Å². The first-order chi connectivity index (χ1) is 15.6. The molecule has 174 valence electrons. The highest BCUT2D eigenvalue weighted by Crippen LogP contribution is 2.27. The highest BCUT2D eigenvalue weighted by molar-refractivity contribution is 6.20.